The van der Waals surface area contributed by atoms with Crippen molar-refractivity contribution in [3.8, 4) is 0 Å². The molecular weight excluding hydrogens is 408 g/mol. The van der Waals surface area contributed by atoms with Crippen molar-refractivity contribution >= 4 is 38.5 Å². The van der Waals surface area contributed by atoms with Gasteiger partial charge in [0.2, 0.25) is 15.9 Å². The number of sulfonamides is 1. The highest BCUT2D eigenvalue weighted by Crippen LogP contribution is 2.23. The highest BCUT2D eigenvalue weighted by Gasteiger charge is 2.22. The third kappa shape index (κ3) is 4.25. The van der Waals surface area contributed by atoms with Gasteiger partial charge in [-0.3, -0.25) is 14.4 Å². The zero-order chi connectivity index (χ0) is 21.3. The molecule has 0 radical (unpaired) electrons. The van der Waals surface area contributed by atoms with Crippen LogP contribution in [0.5, 0.6) is 0 Å². The van der Waals surface area contributed by atoms with Crippen molar-refractivity contribution in [3.63, 3.8) is 0 Å². The highest BCUT2D eigenvalue weighted by molar-refractivity contribution is 7.89. The SMILES string of the molecule is Cn1ncc2c(N3CCN(CC(=O)Nc4ccc(S(N)(=O)=O)cc4)CC3)ncnc21. The molecule has 1 aromatic carbocycles. The number of amides is 1. The number of hydrogen-bond acceptors (Lipinski definition) is 8. The molecule has 1 fully saturated rings. The third-order valence-electron chi connectivity index (χ3n) is 5.01. The molecule has 0 atom stereocenters. The molecule has 4 rings (SSSR count). The van der Waals surface area contributed by atoms with E-state index in [2.05, 4.69) is 30.2 Å². The van der Waals surface area contributed by atoms with E-state index in [9.17, 15) is 13.2 Å². The topological polar surface area (TPSA) is 139 Å². The zero-order valence-electron chi connectivity index (χ0n) is 16.4. The molecule has 3 aromatic rings. The molecule has 0 bridgehead atoms. The van der Waals surface area contributed by atoms with Crippen molar-refractivity contribution in [2.45, 2.75) is 4.90 Å². The molecule has 2 aromatic heterocycles. The normalized spacial score (nSPS) is 15.5. The Kier molecular flexibility index (Phi) is 5.37. The average Bonchev–Trinajstić information content (AvgIpc) is 3.09. The molecule has 1 aliphatic heterocycles. The van der Waals surface area contributed by atoms with Gasteiger partial charge in [0.25, 0.3) is 0 Å². The number of nitrogens with zero attached hydrogens (tertiary/aromatic N) is 6. The summed E-state index contributed by atoms with van der Waals surface area (Å²) in [5.74, 6) is 0.690. The summed E-state index contributed by atoms with van der Waals surface area (Å²) in [7, 11) is -1.91. The first-order chi connectivity index (χ1) is 14.3. The lowest BCUT2D eigenvalue weighted by Gasteiger charge is -2.35. The van der Waals surface area contributed by atoms with E-state index in [0.717, 1.165) is 29.9 Å². The zero-order valence-corrected chi connectivity index (χ0v) is 17.2. The first kappa shape index (κ1) is 20.2. The van der Waals surface area contributed by atoms with Gasteiger partial charge in [-0.25, -0.2) is 23.5 Å². The van der Waals surface area contributed by atoms with E-state index in [1.165, 1.54) is 24.3 Å². The van der Waals surface area contributed by atoms with Crippen LogP contribution < -0.4 is 15.4 Å². The standard InChI is InChI=1S/C18H22N8O3S/c1-24-17-15(10-22-24)18(21-12-20-17)26-8-6-25(7-9-26)11-16(27)23-13-2-4-14(5-3-13)30(19,28)29/h2-5,10,12H,6-9,11H2,1H3,(H,23,27)(H2,19,28,29). The fourth-order valence-corrected chi connectivity index (χ4v) is 3.97. The van der Waals surface area contributed by atoms with Crippen LogP contribution in [0.2, 0.25) is 0 Å². The first-order valence-electron chi connectivity index (χ1n) is 9.34. The molecule has 1 amide bonds. The van der Waals surface area contributed by atoms with Crippen LogP contribution in [-0.2, 0) is 21.9 Å². The van der Waals surface area contributed by atoms with Crippen LogP contribution >= 0.6 is 0 Å². The van der Waals surface area contributed by atoms with Crippen LogP contribution in [0.4, 0.5) is 11.5 Å². The Morgan fingerprint density at radius 3 is 2.50 bits per heavy atom. The number of hydrogen-bond donors (Lipinski definition) is 2. The predicted molar refractivity (Wildman–Crippen MR) is 111 cm³/mol. The smallest absolute Gasteiger partial charge is 0.238 e. The molecule has 3 heterocycles. The van der Waals surface area contributed by atoms with Crippen molar-refractivity contribution in [2.75, 3.05) is 42.9 Å². The fourth-order valence-electron chi connectivity index (χ4n) is 3.45. The van der Waals surface area contributed by atoms with Crippen molar-refractivity contribution in [3.05, 3.63) is 36.8 Å². The van der Waals surface area contributed by atoms with Gasteiger partial charge in [-0.1, -0.05) is 0 Å². The number of anilines is 2. The van der Waals surface area contributed by atoms with Gasteiger partial charge in [-0.15, -0.1) is 0 Å². The van der Waals surface area contributed by atoms with Crippen molar-refractivity contribution in [2.24, 2.45) is 12.2 Å². The molecule has 158 valence electrons. The van der Waals surface area contributed by atoms with Gasteiger partial charge in [-0.05, 0) is 24.3 Å². The molecule has 12 heteroatoms. The number of nitrogens with one attached hydrogen (secondary N) is 1. The van der Waals surface area contributed by atoms with Crippen LogP contribution in [0.15, 0.2) is 41.7 Å². The number of piperazine rings is 1. The van der Waals surface area contributed by atoms with E-state index in [4.69, 9.17) is 5.14 Å². The van der Waals surface area contributed by atoms with E-state index in [1.54, 1.807) is 17.2 Å². The summed E-state index contributed by atoms with van der Waals surface area (Å²) in [5.41, 5.74) is 1.31. The summed E-state index contributed by atoms with van der Waals surface area (Å²) in [5, 5.41) is 13.0. The van der Waals surface area contributed by atoms with Crippen LogP contribution in [0.25, 0.3) is 11.0 Å². The monoisotopic (exact) mass is 430 g/mol. The molecule has 0 saturated carbocycles. The quantitative estimate of drug-likeness (QED) is 0.566. The number of rotatable bonds is 5. The Hall–Kier alpha value is -3.09. The maximum absolute atomic E-state index is 12.4. The number of aryl methyl sites for hydroxylation is 1. The first-order valence-corrected chi connectivity index (χ1v) is 10.9. The summed E-state index contributed by atoms with van der Waals surface area (Å²) >= 11 is 0. The van der Waals surface area contributed by atoms with E-state index in [0.29, 0.717) is 18.8 Å². The second-order valence-corrected chi connectivity index (χ2v) is 8.64. The van der Waals surface area contributed by atoms with Crippen LogP contribution in [0, 0.1) is 0 Å². The second-order valence-electron chi connectivity index (χ2n) is 7.08. The second kappa shape index (κ2) is 7.97. The molecule has 11 nitrogen and oxygen atoms in total. The van der Waals surface area contributed by atoms with Gasteiger partial charge in [0.1, 0.15) is 12.1 Å². The van der Waals surface area contributed by atoms with Crippen molar-refractivity contribution in [1.82, 2.24) is 24.6 Å². The summed E-state index contributed by atoms with van der Waals surface area (Å²) in [6.07, 6.45) is 3.31. The summed E-state index contributed by atoms with van der Waals surface area (Å²) < 4.78 is 24.3. The Labute approximate surface area is 173 Å². The van der Waals surface area contributed by atoms with Gasteiger partial charge in [-0.2, -0.15) is 5.10 Å². The van der Waals surface area contributed by atoms with Gasteiger partial charge >= 0.3 is 0 Å². The number of aromatic nitrogens is 4. The number of nitrogens with two attached hydrogens (primary N) is 1. The van der Waals surface area contributed by atoms with Crippen molar-refractivity contribution < 1.29 is 13.2 Å². The van der Waals surface area contributed by atoms with Gasteiger partial charge in [0, 0.05) is 38.9 Å². The number of primary sulfonamides is 1. The minimum absolute atomic E-state index is 0.00377. The predicted octanol–water partition coefficient (Wildman–Crippen LogP) is -0.229. The number of carbonyl (C=O) groups is 1. The molecule has 3 N–H and O–H groups in total. The summed E-state index contributed by atoms with van der Waals surface area (Å²) in [6.45, 7) is 3.14. The van der Waals surface area contributed by atoms with Crippen LogP contribution in [-0.4, -0.2) is 71.7 Å². The van der Waals surface area contributed by atoms with E-state index < -0.39 is 10.0 Å². The van der Waals surface area contributed by atoms with E-state index in [-0.39, 0.29) is 17.3 Å². The van der Waals surface area contributed by atoms with Crippen LogP contribution in [0.3, 0.4) is 0 Å². The molecule has 0 spiro atoms. The van der Waals surface area contributed by atoms with Gasteiger partial charge < -0.3 is 10.2 Å². The number of benzene rings is 1. The fraction of sp³-hybridized carbons (Fsp3) is 0.333. The Bertz CT molecular complexity index is 1170. The number of fused-ring (bicyclic) bond motifs is 1. The lowest BCUT2D eigenvalue weighted by molar-refractivity contribution is -0.117. The lowest BCUT2D eigenvalue weighted by Crippen LogP contribution is -2.49. The van der Waals surface area contributed by atoms with E-state index in [1.807, 2.05) is 7.05 Å². The average molecular weight is 430 g/mol. The Morgan fingerprint density at radius 1 is 1.13 bits per heavy atom. The minimum Gasteiger partial charge on any atom is -0.353 e. The van der Waals surface area contributed by atoms with E-state index >= 15 is 0 Å². The Morgan fingerprint density at radius 2 is 1.83 bits per heavy atom. The number of carbonyl (C=O) groups excluding carboxylic acids is 1. The van der Waals surface area contributed by atoms with Gasteiger partial charge in [0.15, 0.2) is 5.65 Å². The maximum Gasteiger partial charge on any atom is 0.238 e. The molecule has 0 aliphatic carbocycles. The van der Waals surface area contributed by atoms with Gasteiger partial charge in [0.05, 0.1) is 23.0 Å². The lowest BCUT2D eigenvalue weighted by atomic mass is 10.2. The molecule has 30 heavy (non-hydrogen) atoms. The summed E-state index contributed by atoms with van der Waals surface area (Å²) in [4.78, 5) is 25.3. The summed E-state index contributed by atoms with van der Waals surface area (Å²) in [6, 6.07) is 5.77. The van der Waals surface area contributed by atoms with Crippen LogP contribution in [0.1, 0.15) is 0 Å². The molecular formula is C18H22N8O3S. The third-order valence-corrected chi connectivity index (χ3v) is 5.94. The van der Waals surface area contributed by atoms with Crippen molar-refractivity contribution in [1.29, 1.82) is 0 Å². The minimum atomic E-state index is -3.75. The molecule has 1 saturated heterocycles. The molecule has 1 aliphatic rings. The maximum atomic E-state index is 12.4. The Balaban J connectivity index is 1.33. The molecule has 0 unspecified atom stereocenters. The largest absolute Gasteiger partial charge is 0.353 e. The highest BCUT2D eigenvalue weighted by atomic mass is 32.2.